The Hall–Kier alpha value is -2.66. The van der Waals surface area contributed by atoms with Gasteiger partial charge >= 0.3 is 0 Å². The zero-order chi connectivity index (χ0) is 18.4. The molecule has 27 heavy (non-hydrogen) atoms. The van der Waals surface area contributed by atoms with Gasteiger partial charge in [-0.3, -0.25) is 4.79 Å². The van der Waals surface area contributed by atoms with Crippen molar-refractivity contribution >= 4 is 5.78 Å². The van der Waals surface area contributed by atoms with Crippen LogP contribution in [0.4, 0.5) is 0 Å². The summed E-state index contributed by atoms with van der Waals surface area (Å²) in [6.07, 6.45) is 4.70. The molecule has 0 atom stereocenters. The van der Waals surface area contributed by atoms with E-state index in [1.807, 2.05) is 77.6 Å². The van der Waals surface area contributed by atoms with Gasteiger partial charge in [0.05, 0.1) is 19.8 Å². The van der Waals surface area contributed by atoms with Gasteiger partial charge in [0.1, 0.15) is 0 Å². The molecule has 0 amide bonds. The summed E-state index contributed by atoms with van der Waals surface area (Å²) in [4.78, 5) is 12.6. The summed E-state index contributed by atoms with van der Waals surface area (Å²) >= 11 is 0. The number of halogens is 1. The summed E-state index contributed by atoms with van der Waals surface area (Å²) in [5, 5.41) is 0. The third-order valence-electron chi connectivity index (χ3n) is 4.26. The largest absolute Gasteiger partial charge is 1.00 e. The first kappa shape index (κ1) is 20.6. The summed E-state index contributed by atoms with van der Waals surface area (Å²) in [6, 6.07) is 19.0. The second-order valence-electron chi connectivity index (χ2n) is 5.96. The van der Waals surface area contributed by atoms with Crippen LogP contribution in [0, 0.1) is 0 Å². The average Bonchev–Trinajstić information content (AvgIpc) is 2.72. The van der Waals surface area contributed by atoms with E-state index in [-0.39, 0.29) is 22.8 Å². The normalized spacial score (nSPS) is 10.0. The Balaban J connectivity index is 0.00000261. The molecule has 0 saturated carbocycles. The molecular formula is C22H22BrNO3. The Morgan fingerprint density at radius 2 is 1.59 bits per heavy atom. The molecule has 0 N–H and O–H groups in total. The van der Waals surface area contributed by atoms with E-state index < -0.39 is 0 Å². The quantitative estimate of drug-likeness (QED) is 0.406. The average molecular weight is 428 g/mol. The predicted molar refractivity (Wildman–Crippen MR) is 99.8 cm³/mol. The van der Waals surface area contributed by atoms with Crippen LogP contribution in [0.25, 0.3) is 0 Å². The summed E-state index contributed by atoms with van der Waals surface area (Å²) in [5.74, 6) is 1.48. The minimum atomic E-state index is 0. The molecule has 0 unspecified atom stereocenters. The van der Waals surface area contributed by atoms with Crippen LogP contribution in [0.1, 0.15) is 21.5 Å². The van der Waals surface area contributed by atoms with E-state index in [1.54, 1.807) is 14.2 Å². The fraction of sp³-hybridized carbons (Fsp3) is 0.182. The molecule has 140 valence electrons. The molecule has 0 radical (unpaired) electrons. The lowest BCUT2D eigenvalue weighted by molar-refractivity contribution is -0.696. The number of nitrogens with zero attached hydrogens (tertiary/aromatic N) is 1. The molecule has 0 spiro atoms. The Bertz CT molecular complexity index is 897. The number of aromatic nitrogens is 1. The summed E-state index contributed by atoms with van der Waals surface area (Å²) in [6.45, 7) is 0.769. The van der Waals surface area contributed by atoms with Gasteiger partial charge in [-0.1, -0.05) is 36.4 Å². The van der Waals surface area contributed by atoms with Crippen molar-refractivity contribution in [2.75, 3.05) is 14.2 Å². The first-order valence-electron chi connectivity index (χ1n) is 8.51. The van der Waals surface area contributed by atoms with Crippen molar-refractivity contribution in [2.24, 2.45) is 0 Å². The van der Waals surface area contributed by atoms with Crippen molar-refractivity contribution in [3.8, 4) is 11.5 Å². The number of ketones is 1. The molecule has 0 aliphatic carbocycles. The Morgan fingerprint density at radius 1 is 0.889 bits per heavy atom. The number of ether oxygens (including phenoxy) is 2. The highest BCUT2D eigenvalue weighted by atomic mass is 79.9. The molecule has 0 aliphatic heterocycles. The number of hydrogen-bond acceptors (Lipinski definition) is 3. The van der Waals surface area contributed by atoms with Gasteiger partial charge in [0, 0.05) is 18.1 Å². The number of aryl methyl sites for hydroxylation is 2. The van der Waals surface area contributed by atoms with Crippen LogP contribution in [0.3, 0.4) is 0 Å². The van der Waals surface area contributed by atoms with Crippen molar-refractivity contribution in [3.05, 3.63) is 89.7 Å². The standard InChI is InChI=1S/C22H22NO3.BrH/c1-25-20-11-10-17(15-21(20)26-2)12-14-23-13-6-9-19(16-23)22(24)18-7-4-3-5-8-18;/h3-11,13,15-16H,12,14H2,1-2H3;1H/q+1;/p-1. The van der Waals surface area contributed by atoms with E-state index in [1.165, 1.54) is 0 Å². The van der Waals surface area contributed by atoms with Gasteiger partial charge < -0.3 is 26.5 Å². The van der Waals surface area contributed by atoms with Gasteiger partial charge in [0.25, 0.3) is 0 Å². The van der Waals surface area contributed by atoms with Gasteiger partial charge in [-0.15, -0.1) is 0 Å². The van der Waals surface area contributed by atoms with Crippen molar-refractivity contribution in [1.29, 1.82) is 0 Å². The van der Waals surface area contributed by atoms with Crippen molar-refractivity contribution in [2.45, 2.75) is 13.0 Å². The molecule has 1 heterocycles. The molecule has 5 heteroatoms. The van der Waals surface area contributed by atoms with E-state index in [2.05, 4.69) is 0 Å². The zero-order valence-electron chi connectivity index (χ0n) is 15.4. The number of pyridine rings is 1. The Labute approximate surface area is 170 Å². The summed E-state index contributed by atoms with van der Waals surface area (Å²) in [5.41, 5.74) is 2.53. The fourth-order valence-corrected chi connectivity index (χ4v) is 2.85. The Morgan fingerprint density at radius 3 is 2.30 bits per heavy atom. The van der Waals surface area contributed by atoms with E-state index in [4.69, 9.17) is 9.47 Å². The lowest BCUT2D eigenvalue weighted by atomic mass is 10.1. The van der Waals surface area contributed by atoms with Crippen LogP contribution in [-0.4, -0.2) is 20.0 Å². The van der Waals surface area contributed by atoms with Gasteiger partial charge in [0.2, 0.25) is 0 Å². The minimum Gasteiger partial charge on any atom is -1.00 e. The summed E-state index contributed by atoms with van der Waals surface area (Å²) in [7, 11) is 3.26. The van der Waals surface area contributed by atoms with Crippen molar-refractivity contribution in [3.63, 3.8) is 0 Å². The van der Waals surface area contributed by atoms with Gasteiger partial charge in [-0.2, -0.15) is 0 Å². The SMILES string of the molecule is COc1ccc(CC[n+]2cccc(C(=O)c3ccccc3)c2)cc1OC.[Br-]. The smallest absolute Gasteiger partial charge is 0.199 e. The maximum atomic E-state index is 12.6. The fourth-order valence-electron chi connectivity index (χ4n) is 2.85. The first-order chi connectivity index (χ1) is 12.7. The van der Waals surface area contributed by atoms with Crippen LogP contribution in [0.15, 0.2) is 73.1 Å². The highest BCUT2D eigenvalue weighted by Crippen LogP contribution is 2.27. The Kier molecular flexibility index (Phi) is 7.55. The van der Waals surface area contributed by atoms with Crippen LogP contribution in [0.2, 0.25) is 0 Å². The van der Waals surface area contributed by atoms with E-state index >= 15 is 0 Å². The van der Waals surface area contributed by atoms with Gasteiger partial charge in [-0.25, -0.2) is 4.57 Å². The molecule has 0 aliphatic rings. The molecule has 3 aromatic rings. The molecule has 1 aromatic heterocycles. The van der Waals surface area contributed by atoms with E-state index in [0.717, 1.165) is 30.0 Å². The zero-order valence-corrected chi connectivity index (χ0v) is 17.0. The van der Waals surface area contributed by atoms with E-state index in [9.17, 15) is 4.79 Å². The number of benzene rings is 2. The van der Waals surface area contributed by atoms with Crippen LogP contribution in [0.5, 0.6) is 11.5 Å². The van der Waals surface area contributed by atoms with Crippen molar-refractivity contribution in [1.82, 2.24) is 0 Å². The molecule has 4 nitrogen and oxygen atoms in total. The topological polar surface area (TPSA) is 39.4 Å². The predicted octanol–water partition coefficient (Wildman–Crippen LogP) is 0.469. The monoisotopic (exact) mass is 427 g/mol. The lowest BCUT2D eigenvalue weighted by Crippen LogP contribution is -3.00. The minimum absolute atomic E-state index is 0. The van der Waals surface area contributed by atoms with Crippen LogP contribution < -0.4 is 31.0 Å². The van der Waals surface area contributed by atoms with Crippen molar-refractivity contribution < 1.29 is 35.8 Å². The van der Waals surface area contributed by atoms with Crippen LogP contribution >= 0.6 is 0 Å². The number of methoxy groups -OCH3 is 2. The van der Waals surface area contributed by atoms with E-state index in [0.29, 0.717) is 11.1 Å². The molecule has 0 saturated heterocycles. The molecular weight excluding hydrogens is 406 g/mol. The second kappa shape index (κ2) is 9.88. The van der Waals surface area contributed by atoms with Gasteiger partial charge in [-0.05, 0) is 23.8 Å². The first-order valence-corrected chi connectivity index (χ1v) is 8.51. The summed E-state index contributed by atoms with van der Waals surface area (Å²) < 4.78 is 12.7. The van der Waals surface area contributed by atoms with Gasteiger partial charge in [0.15, 0.2) is 36.2 Å². The third kappa shape index (κ3) is 5.17. The van der Waals surface area contributed by atoms with Crippen LogP contribution in [-0.2, 0) is 13.0 Å². The number of carbonyl (C=O) groups is 1. The molecule has 0 fully saturated rings. The highest BCUT2D eigenvalue weighted by Gasteiger charge is 2.13. The number of hydrogen-bond donors (Lipinski definition) is 0. The maximum absolute atomic E-state index is 12.6. The maximum Gasteiger partial charge on any atom is 0.199 e. The highest BCUT2D eigenvalue weighted by molar-refractivity contribution is 6.08. The lowest BCUT2D eigenvalue weighted by Gasteiger charge is -2.08. The number of carbonyl (C=O) groups excluding carboxylic acids is 1. The second-order valence-corrected chi connectivity index (χ2v) is 5.96. The molecule has 3 rings (SSSR count). The molecule has 2 aromatic carbocycles. The molecule has 0 bridgehead atoms. The third-order valence-corrected chi connectivity index (χ3v) is 4.26. The number of rotatable bonds is 7.